The Morgan fingerprint density at radius 1 is 0.880 bits per heavy atom. The van der Waals surface area contributed by atoms with Crippen molar-refractivity contribution in [3.63, 3.8) is 0 Å². The largest absolute Gasteiger partial charge is 0.347 e. The Hall–Kier alpha value is -3.90. The lowest BCUT2D eigenvalue weighted by molar-refractivity contribution is -0.147. The van der Waals surface area contributed by atoms with E-state index in [1.54, 1.807) is 4.90 Å². The second-order valence-electron chi connectivity index (χ2n) is 15.8. The molecular weight excluding hydrogens is 638 g/mol. The monoisotopic (exact) mass is 693 g/mol. The van der Waals surface area contributed by atoms with Gasteiger partial charge in [0.15, 0.2) is 0 Å². The summed E-state index contributed by atoms with van der Waals surface area (Å²) in [6.45, 7) is 7.52. The van der Waals surface area contributed by atoms with Gasteiger partial charge < -0.3 is 26.2 Å². The fourth-order valence-corrected chi connectivity index (χ4v) is 8.01. The van der Waals surface area contributed by atoms with Gasteiger partial charge in [-0.3, -0.25) is 33.8 Å². The highest BCUT2D eigenvalue weighted by Gasteiger charge is 2.51. The highest BCUT2D eigenvalue weighted by Crippen LogP contribution is 2.41. The highest BCUT2D eigenvalue weighted by atomic mass is 16.2. The van der Waals surface area contributed by atoms with E-state index in [1.807, 2.05) is 27.7 Å². The van der Waals surface area contributed by atoms with E-state index in [0.29, 0.717) is 19.3 Å². The van der Waals surface area contributed by atoms with Gasteiger partial charge >= 0.3 is 0 Å². The van der Waals surface area contributed by atoms with Crippen LogP contribution >= 0.6 is 0 Å². The standard InChI is InChI=1S/C37H55N7O6/c1-5-11-25(30(45)35(49)40-24-16-17-24)41-33(47)28-20-23-14-9-10-15-27(23)44(28)36(50)31(37(2,3)4)43-34(48)29(22-12-7-6-8-13-22)42-32(46)26-21-38-18-19-39-26/h18-19,21-25,27-29,31H,5-17,20H2,1-4H3,(H,40,49)(H,41,47)(H,42,46)(H,43,48)/t23?,25-,27?,28-,29?,31+/m0/s1. The van der Waals surface area contributed by atoms with Gasteiger partial charge in [0.1, 0.15) is 23.8 Å². The Morgan fingerprint density at radius 3 is 2.22 bits per heavy atom. The molecule has 5 rings (SSSR count). The molecule has 3 saturated carbocycles. The van der Waals surface area contributed by atoms with Crippen LogP contribution in [0.2, 0.25) is 0 Å². The molecule has 4 fully saturated rings. The minimum atomic E-state index is -0.997. The summed E-state index contributed by atoms with van der Waals surface area (Å²) in [4.78, 5) is 91.9. The molecular formula is C37H55N7O6. The van der Waals surface area contributed by atoms with Gasteiger partial charge in [-0.15, -0.1) is 0 Å². The van der Waals surface area contributed by atoms with Gasteiger partial charge in [0.25, 0.3) is 11.8 Å². The molecule has 0 bridgehead atoms. The number of nitrogens with one attached hydrogen (secondary N) is 4. The first kappa shape index (κ1) is 37.4. The van der Waals surface area contributed by atoms with E-state index in [4.69, 9.17) is 0 Å². The van der Waals surface area contributed by atoms with Crippen LogP contribution in [0.4, 0.5) is 0 Å². The summed E-state index contributed by atoms with van der Waals surface area (Å²) in [5.41, 5.74) is -0.641. The quantitative estimate of drug-likeness (QED) is 0.228. The van der Waals surface area contributed by atoms with Crippen LogP contribution in [0, 0.1) is 17.3 Å². The molecule has 0 radical (unpaired) electrons. The van der Waals surface area contributed by atoms with Crippen LogP contribution in [0.5, 0.6) is 0 Å². The average Bonchev–Trinajstić information content (AvgIpc) is 3.84. The van der Waals surface area contributed by atoms with Crippen molar-refractivity contribution >= 4 is 35.3 Å². The molecule has 0 aromatic carbocycles. The predicted molar refractivity (Wildman–Crippen MR) is 185 cm³/mol. The van der Waals surface area contributed by atoms with Crippen LogP contribution in [0.25, 0.3) is 0 Å². The fraction of sp³-hybridized carbons (Fsp3) is 0.730. The Balaban J connectivity index is 1.38. The minimum absolute atomic E-state index is 0.0121. The molecule has 1 aliphatic heterocycles. The van der Waals surface area contributed by atoms with Crippen molar-refractivity contribution in [2.75, 3.05) is 0 Å². The highest BCUT2D eigenvalue weighted by molar-refractivity contribution is 6.38. The fourth-order valence-electron chi connectivity index (χ4n) is 8.01. The SMILES string of the molecule is CCC[C@H](NC(=O)[C@@H]1CC2CCCCC2N1C(=O)[C@@H](NC(=O)C(NC(=O)c1cnccn1)C1CCCCC1)C(C)(C)C)C(=O)C(=O)NC1CC1. The van der Waals surface area contributed by atoms with E-state index in [0.717, 1.165) is 70.6 Å². The molecule has 3 aliphatic carbocycles. The zero-order valence-electron chi connectivity index (χ0n) is 30.0. The molecule has 4 aliphatic rings. The van der Waals surface area contributed by atoms with E-state index < -0.39 is 59.0 Å². The minimum Gasteiger partial charge on any atom is -0.347 e. The number of rotatable bonds is 13. The number of ketones is 1. The molecule has 13 nitrogen and oxygen atoms in total. The van der Waals surface area contributed by atoms with Crippen molar-refractivity contribution in [3.8, 4) is 0 Å². The number of nitrogens with zero attached hydrogens (tertiary/aromatic N) is 3. The van der Waals surface area contributed by atoms with Crippen molar-refractivity contribution in [3.05, 3.63) is 24.3 Å². The number of fused-ring (bicyclic) bond motifs is 1. The van der Waals surface area contributed by atoms with Gasteiger partial charge in [-0.05, 0) is 68.6 Å². The molecule has 6 atom stereocenters. The summed E-state index contributed by atoms with van der Waals surface area (Å²) in [5, 5.41) is 11.5. The lowest BCUT2D eigenvalue weighted by Gasteiger charge is -2.40. The molecule has 274 valence electrons. The number of hydrogen-bond acceptors (Lipinski definition) is 8. The lowest BCUT2D eigenvalue weighted by atomic mass is 9.81. The van der Waals surface area contributed by atoms with Gasteiger partial charge in [0.2, 0.25) is 23.5 Å². The Morgan fingerprint density at radius 2 is 1.58 bits per heavy atom. The first-order chi connectivity index (χ1) is 23.9. The maximum absolute atomic E-state index is 14.8. The first-order valence-corrected chi connectivity index (χ1v) is 18.7. The lowest BCUT2D eigenvalue weighted by Crippen LogP contribution is -2.63. The third-order valence-corrected chi connectivity index (χ3v) is 10.9. The van der Waals surface area contributed by atoms with Crippen molar-refractivity contribution in [2.24, 2.45) is 17.3 Å². The summed E-state index contributed by atoms with van der Waals surface area (Å²) in [6, 6.07) is -3.89. The Bertz CT molecular complexity index is 1400. The molecule has 0 spiro atoms. The van der Waals surface area contributed by atoms with Crippen LogP contribution in [0.3, 0.4) is 0 Å². The maximum atomic E-state index is 14.8. The third kappa shape index (κ3) is 9.06. The van der Waals surface area contributed by atoms with E-state index in [2.05, 4.69) is 31.2 Å². The van der Waals surface area contributed by atoms with E-state index in [9.17, 15) is 28.8 Å². The normalized spacial score (nSPS) is 24.2. The second-order valence-corrected chi connectivity index (χ2v) is 15.8. The van der Waals surface area contributed by atoms with Crippen molar-refractivity contribution in [2.45, 2.75) is 154 Å². The summed E-state index contributed by atoms with van der Waals surface area (Å²) < 4.78 is 0. The first-order valence-electron chi connectivity index (χ1n) is 18.7. The van der Waals surface area contributed by atoms with Crippen molar-refractivity contribution in [1.29, 1.82) is 0 Å². The number of carbonyl (C=O) groups is 6. The molecule has 5 amide bonds. The number of aromatic nitrogens is 2. The summed E-state index contributed by atoms with van der Waals surface area (Å²) in [6.07, 6.45) is 15.3. The second kappa shape index (κ2) is 16.4. The van der Waals surface area contributed by atoms with Gasteiger partial charge in [-0.2, -0.15) is 0 Å². The molecule has 50 heavy (non-hydrogen) atoms. The van der Waals surface area contributed by atoms with Gasteiger partial charge in [-0.1, -0.05) is 66.2 Å². The van der Waals surface area contributed by atoms with Crippen LogP contribution in [-0.4, -0.2) is 86.4 Å². The molecule has 1 saturated heterocycles. The number of carbonyl (C=O) groups excluding carboxylic acids is 6. The Kier molecular flexibility index (Phi) is 12.3. The molecule has 1 aromatic rings. The molecule has 3 unspecified atom stereocenters. The summed E-state index contributed by atoms with van der Waals surface area (Å²) >= 11 is 0. The predicted octanol–water partition coefficient (Wildman–Crippen LogP) is 2.98. The molecule has 2 heterocycles. The van der Waals surface area contributed by atoms with E-state index in [1.165, 1.54) is 18.6 Å². The number of Topliss-reactive ketones (excluding diaryl/α,β-unsaturated/α-hetero) is 1. The topological polar surface area (TPSA) is 180 Å². The van der Waals surface area contributed by atoms with Crippen LogP contribution in [-0.2, 0) is 24.0 Å². The van der Waals surface area contributed by atoms with Gasteiger partial charge in [-0.25, -0.2) is 4.98 Å². The van der Waals surface area contributed by atoms with Crippen LogP contribution < -0.4 is 21.3 Å². The summed E-state index contributed by atoms with van der Waals surface area (Å²) in [7, 11) is 0. The van der Waals surface area contributed by atoms with Crippen molar-refractivity contribution < 1.29 is 28.8 Å². The van der Waals surface area contributed by atoms with E-state index >= 15 is 0 Å². The molecule has 4 N–H and O–H groups in total. The zero-order chi connectivity index (χ0) is 36.0. The number of likely N-dealkylation sites (tertiary alicyclic amines) is 1. The number of hydrogen-bond donors (Lipinski definition) is 4. The maximum Gasteiger partial charge on any atom is 0.289 e. The molecule has 1 aromatic heterocycles. The third-order valence-electron chi connectivity index (χ3n) is 10.9. The Labute approximate surface area is 295 Å². The van der Waals surface area contributed by atoms with E-state index in [-0.39, 0.29) is 35.5 Å². The summed E-state index contributed by atoms with van der Waals surface area (Å²) in [5.74, 6) is -3.12. The number of amides is 5. The smallest absolute Gasteiger partial charge is 0.289 e. The van der Waals surface area contributed by atoms with Crippen molar-refractivity contribution in [1.82, 2.24) is 36.1 Å². The van der Waals surface area contributed by atoms with Crippen LogP contribution in [0.15, 0.2) is 18.6 Å². The van der Waals surface area contributed by atoms with Crippen LogP contribution in [0.1, 0.15) is 128 Å². The van der Waals surface area contributed by atoms with Gasteiger partial charge in [0, 0.05) is 24.5 Å². The average molecular weight is 694 g/mol. The zero-order valence-corrected chi connectivity index (χ0v) is 30.0. The molecule has 13 heteroatoms. The van der Waals surface area contributed by atoms with Gasteiger partial charge in [0.05, 0.1) is 12.2 Å².